The lowest BCUT2D eigenvalue weighted by Gasteiger charge is -2.14. The van der Waals surface area contributed by atoms with Crippen molar-refractivity contribution in [2.45, 2.75) is 31.3 Å². The summed E-state index contributed by atoms with van der Waals surface area (Å²) in [6, 6.07) is 6.53. The molecule has 0 fully saturated rings. The molecule has 0 aliphatic rings. The molecule has 1 N–H and O–H groups in total. The van der Waals surface area contributed by atoms with E-state index in [1.807, 2.05) is 32.0 Å². The van der Waals surface area contributed by atoms with Crippen LogP contribution in [-0.2, 0) is 6.18 Å². The number of ether oxygens (including phenoxy) is 1. The summed E-state index contributed by atoms with van der Waals surface area (Å²) in [5.74, 6) is 0.837. The highest BCUT2D eigenvalue weighted by Crippen LogP contribution is 2.33. The van der Waals surface area contributed by atoms with E-state index in [4.69, 9.17) is 16.3 Å². The van der Waals surface area contributed by atoms with Crippen LogP contribution in [0.4, 0.5) is 13.2 Å². The van der Waals surface area contributed by atoms with Crippen molar-refractivity contribution >= 4 is 29.0 Å². The van der Waals surface area contributed by atoms with Gasteiger partial charge in [-0.25, -0.2) is 0 Å². The predicted molar refractivity (Wildman–Crippen MR) is 101 cm³/mol. The van der Waals surface area contributed by atoms with Gasteiger partial charge in [0, 0.05) is 11.9 Å². The zero-order valence-corrected chi connectivity index (χ0v) is 16.6. The van der Waals surface area contributed by atoms with Crippen molar-refractivity contribution in [2.24, 2.45) is 0 Å². The van der Waals surface area contributed by atoms with Crippen LogP contribution in [0.15, 0.2) is 35.6 Å². The minimum atomic E-state index is -4.54. The molecule has 0 aliphatic heterocycles. The number of hydrogen-bond acceptors (Lipinski definition) is 5. The fourth-order valence-corrected chi connectivity index (χ4v) is 3.61. The standard InChI is InChI=1S/C18H17ClF3N3O2S/c1-10-3-4-15(11(2)5-10)27-8-13(26)9-28-17-24-23-16-14(19)6-12(7-25(16)17)18(20,21)22/h3-7,13,26H,8-9H2,1-2H3/t13-/m1/s1. The van der Waals surface area contributed by atoms with E-state index in [9.17, 15) is 18.3 Å². The molecule has 150 valence electrons. The Kier molecular flexibility index (Phi) is 6.07. The maximum atomic E-state index is 13.0. The number of fused-ring (bicyclic) bond motifs is 1. The van der Waals surface area contributed by atoms with E-state index < -0.39 is 17.8 Å². The molecule has 1 aromatic carbocycles. The Morgan fingerprint density at radius 3 is 2.68 bits per heavy atom. The van der Waals surface area contributed by atoms with Crippen LogP contribution in [0.5, 0.6) is 5.75 Å². The molecule has 0 unspecified atom stereocenters. The average molecular weight is 432 g/mol. The molecule has 3 aromatic rings. The molecule has 5 nitrogen and oxygen atoms in total. The first-order valence-corrected chi connectivity index (χ1v) is 9.64. The third kappa shape index (κ3) is 4.71. The van der Waals surface area contributed by atoms with Crippen LogP contribution < -0.4 is 4.74 Å². The van der Waals surface area contributed by atoms with Crippen molar-refractivity contribution in [1.82, 2.24) is 14.6 Å². The molecule has 0 amide bonds. The van der Waals surface area contributed by atoms with E-state index in [2.05, 4.69) is 10.2 Å². The monoisotopic (exact) mass is 431 g/mol. The molecule has 0 saturated heterocycles. The van der Waals surface area contributed by atoms with Gasteiger partial charge in [0.15, 0.2) is 10.8 Å². The van der Waals surface area contributed by atoms with Crippen molar-refractivity contribution in [3.63, 3.8) is 0 Å². The summed E-state index contributed by atoms with van der Waals surface area (Å²) < 4.78 is 45.8. The van der Waals surface area contributed by atoms with Gasteiger partial charge in [-0.15, -0.1) is 10.2 Å². The van der Waals surface area contributed by atoms with Gasteiger partial charge in [0.05, 0.1) is 16.7 Å². The molecule has 28 heavy (non-hydrogen) atoms. The van der Waals surface area contributed by atoms with Gasteiger partial charge in [0.1, 0.15) is 12.4 Å². The first-order chi connectivity index (χ1) is 13.1. The van der Waals surface area contributed by atoms with Crippen LogP contribution in [-0.4, -0.2) is 38.2 Å². The molecular formula is C18H17ClF3N3O2S. The van der Waals surface area contributed by atoms with Gasteiger partial charge in [-0.1, -0.05) is 41.1 Å². The number of pyridine rings is 1. The second-order valence-electron chi connectivity index (χ2n) is 6.30. The van der Waals surface area contributed by atoms with Crippen LogP contribution in [0.25, 0.3) is 5.65 Å². The fraction of sp³-hybridized carbons (Fsp3) is 0.333. The first-order valence-electron chi connectivity index (χ1n) is 8.27. The Bertz CT molecular complexity index is 994. The van der Waals surface area contributed by atoms with Gasteiger partial charge in [0.25, 0.3) is 0 Å². The summed E-state index contributed by atoms with van der Waals surface area (Å²) in [7, 11) is 0. The highest BCUT2D eigenvalue weighted by molar-refractivity contribution is 7.99. The highest BCUT2D eigenvalue weighted by Gasteiger charge is 2.32. The highest BCUT2D eigenvalue weighted by atomic mass is 35.5. The lowest BCUT2D eigenvalue weighted by Crippen LogP contribution is -2.20. The molecule has 2 aromatic heterocycles. The minimum Gasteiger partial charge on any atom is -0.491 e. The van der Waals surface area contributed by atoms with Crippen LogP contribution in [0.2, 0.25) is 5.02 Å². The number of halogens is 4. The van der Waals surface area contributed by atoms with E-state index in [1.165, 1.54) is 4.40 Å². The largest absolute Gasteiger partial charge is 0.491 e. The Hall–Kier alpha value is -1.97. The number of rotatable bonds is 6. The summed E-state index contributed by atoms with van der Waals surface area (Å²) in [5.41, 5.74) is 1.29. The normalized spacial score (nSPS) is 13.1. The number of benzene rings is 1. The van der Waals surface area contributed by atoms with Crippen LogP contribution >= 0.6 is 23.4 Å². The van der Waals surface area contributed by atoms with Crippen molar-refractivity contribution < 1.29 is 23.0 Å². The number of aliphatic hydroxyl groups excluding tert-OH is 1. The van der Waals surface area contributed by atoms with Crippen LogP contribution in [0.3, 0.4) is 0 Å². The number of aryl methyl sites for hydroxylation is 2. The smallest absolute Gasteiger partial charge is 0.417 e. The maximum absolute atomic E-state index is 13.0. The molecule has 0 spiro atoms. The van der Waals surface area contributed by atoms with Gasteiger partial charge in [0.2, 0.25) is 0 Å². The third-order valence-corrected chi connectivity index (χ3v) is 5.29. The van der Waals surface area contributed by atoms with Gasteiger partial charge < -0.3 is 9.84 Å². The van der Waals surface area contributed by atoms with Crippen molar-refractivity contribution in [3.8, 4) is 5.75 Å². The number of aliphatic hydroxyl groups is 1. The Labute approximate surface area is 168 Å². The predicted octanol–water partition coefficient (Wildman–Crippen LogP) is 4.55. The number of hydrogen-bond donors (Lipinski definition) is 1. The van der Waals surface area contributed by atoms with Crippen molar-refractivity contribution in [2.75, 3.05) is 12.4 Å². The molecular weight excluding hydrogens is 415 g/mol. The molecule has 3 rings (SSSR count). The second kappa shape index (κ2) is 8.18. The molecule has 0 saturated carbocycles. The Morgan fingerprint density at radius 2 is 2.00 bits per heavy atom. The van der Waals surface area contributed by atoms with Gasteiger partial charge >= 0.3 is 6.18 Å². The zero-order valence-electron chi connectivity index (χ0n) is 15.0. The van der Waals surface area contributed by atoms with E-state index >= 15 is 0 Å². The summed E-state index contributed by atoms with van der Waals surface area (Å²) >= 11 is 6.95. The average Bonchev–Trinajstić information content (AvgIpc) is 3.02. The Balaban J connectivity index is 1.67. The fourth-order valence-electron chi connectivity index (χ4n) is 2.55. The number of nitrogens with zero attached hydrogens (tertiary/aromatic N) is 3. The van der Waals surface area contributed by atoms with Gasteiger partial charge in [-0.3, -0.25) is 4.40 Å². The zero-order chi connectivity index (χ0) is 20.5. The summed E-state index contributed by atoms with van der Waals surface area (Å²) in [4.78, 5) is 0. The number of thioether (sulfide) groups is 1. The molecule has 2 heterocycles. The lowest BCUT2D eigenvalue weighted by molar-refractivity contribution is -0.137. The number of aromatic nitrogens is 3. The quantitative estimate of drug-likeness (QED) is 0.580. The summed E-state index contributed by atoms with van der Waals surface area (Å²) in [6.07, 6.45) is -4.50. The van der Waals surface area contributed by atoms with E-state index in [-0.39, 0.29) is 28.2 Å². The molecule has 0 aliphatic carbocycles. The van der Waals surface area contributed by atoms with Crippen molar-refractivity contribution in [1.29, 1.82) is 0 Å². The molecule has 1 atom stereocenters. The number of alkyl halides is 3. The van der Waals surface area contributed by atoms with E-state index in [0.717, 1.165) is 35.2 Å². The minimum absolute atomic E-state index is 0.0438. The first kappa shape index (κ1) is 20.8. The second-order valence-corrected chi connectivity index (χ2v) is 7.69. The Morgan fingerprint density at radius 1 is 1.25 bits per heavy atom. The van der Waals surface area contributed by atoms with E-state index in [0.29, 0.717) is 5.75 Å². The lowest BCUT2D eigenvalue weighted by atomic mass is 10.1. The van der Waals surface area contributed by atoms with Gasteiger partial charge in [-0.2, -0.15) is 13.2 Å². The van der Waals surface area contributed by atoms with Crippen molar-refractivity contribution in [3.05, 3.63) is 52.2 Å². The molecule has 0 radical (unpaired) electrons. The van der Waals surface area contributed by atoms with Gasteiger partial charge in [-0.05, 0) is 31.5 Å². The molecule has 10 heteroatoms. The van der Waals surface area contributed by atoms with E-state index in [1.54, 1.807) is 0 Å². The van der Waals surface area contributed by atoms with Crippen LogP contribution in [0, 0.1) is 13.8 Å². The topological polar surface area (TPSA) is 59.7 Å². The maximum Gasteiger partial charge on any atom is 0.417 e. The molecule has 0 bridgehead atoms. The third-order valence-electron chi connectivity index (χ3n) is 3.92. The van der Waals surface area contributed by atoms with Crippen LogP contribution in [0.1, 0.15) is 16.7 Å². The SMILES string of the molecule is Cc1ccc(OC[C@@H](O)CSc2nnc3c(Cl)cc(C(F)(F)F)cn23)c(C)c1. The summed E-state index contributed by atoms with van der Waals surface area (Å²) in [5, 5.41) is 17.9. The summed E-state index contributed by atoms with van der Waals surface area (Å²) in [6.45, 7) is 3.93.